The number of aliphatic imine (C=N–C) groups is 1. The van der Waals surface area contributed by atoms with Crippen molar-refractivity contribution < 1.29 is 18.3 Å². The van der Waals surface area contributed by atoms with E-state index in [2.05, 4.69) is 22.0 Å². The SMILES string of the molecule is CCCCOc1ccc2c(c1)S(=O)(=O)NC(=NCCCO)N2. The second-order valence-electron chi connectivity index (χ2n) is 4.90. The molecule has 0 saturated carbocycles. The van der Waals surface area contributed by atoms with Gasteiger partial charge in [0, 0.05) is 19.2 Å². The summed E-state index contributed by atoms with van der Waals surface area (Å²) in [5, 5.41) is 11.7. The number of fused-ring (bicyclic) bond motifs is 1. The highest BCUT2D eigenvalue weighted by Gasteiger charge is 2.27. The van der Waals surface area contributed by atoms with E-state index in [1.165, 1.54) is 6.07 Å². The third-order valence-corrected chi connectivity index (χ3v) is 4.46. The molecule has 0 saturated heterocycles. The van der Waals surface area contributed by atoms with Crippen LogP contribution in [0.25, 0.3) is 0 Å². The number of sulfonamides is 1. The Kier molecular flexibility index (Phi) is 5.62. The summed E-state index contributed by atoms with van der Waals surface area (Å²) < 4.78 is 32.4. The van der Waals surface area contributed by atoms with Crippen LogP contribution in [-0.2, 0) is 10.0 Å². The lowest BCUT2D eigenvalue weighted by Crippen LogP contribution is -2.40. The summed E-state index contributed by atoms with van der Waals surface area (Å²) in [6, 6.07) is 4.90. The molecule has 122 valence electrons. The molecule has 0 radical (unpaired) electrons. The molecule has 7 nitrogen and oxygen atoms in total. The van der Waals surface area contributed by atoms with Gasteiger partial charge in [0.15, 0.2) is 0 Å². The van der Waals surface area contributed by atoms with Crippen molar-refractivity contribution >= 4 is 21.7 Å². The van der Waals surface area contributed by atoms with Crippen molar-refractivity contribution in [2.75, 3.05) is 25.1 Å². The molecule has 1 aliphatic heterocycles. The standard InChI is InChI=1S/C14H21N3O4S/c1-2-3-9-21-11-5-6-12-13(10-11)22(19,20)17-14(16-12)15-7-4-8-18/h5-6,10,18H,2-4,7-9H2,1H3,(H2,15,16,17). The Morgan fingerprint density at radius 1 is 1.32 bits per heavy atom. The third-order valence-electron chi connectivity index (χ3n) is 3.08. The van der Waals surface area contributed by atoms with E-state index in [1.54, 1.807) is 12.1 Å². The molecule has 1 heterocycles. The summed E-state index contributed by atoms with van der Waals surface area (Å²) in [6.07, 6.45) is 2.41. The number of nitrogens with one attached hydrogen (secondary N) is 2. The minimum absolute atomic E-state index is 0.0125. The van der Waals surface area contributed by atoms with Gasteiger partial charge in [-0.2, -0.15) is 0 Å². The Bertz CT molecular complexity index is 643. The van der Waals surface area contributed by atoms with Crippen molar-refractivity contribution in [3.63, 3.8) is 0 Å². The molecule has 0 amide bonds. The highest BCUT2D eigenvalue weighted by Crippen LogP contribution is 2.29. The maximum atomic E-state index is 12.3. The number of nitrogens with zero attached hydrogens (tertiary/aromatic N) is 1. The molecule has 2 rings (SSSR count). The molecule has 0 bridgehead atoms. The van der Waals surface area contributed by atoms with Gasteiger partial charge < -0.3 is 15.2 Å². The number of ether oxygens (including phenoxy) is 1. The van der Waals surface area contributed by atoms with Crippen molar-refractivity contribution in [3.05, 3.63) is 18.2 Å². The molecule has 0 spiro atoms. The second kappa shape index (κ2) is 7.46. The molecule has 3 N–H and O–H groups in total. The normalized spacial score (nSPS) is 17.5. The molecule has 1 aromatic carbocycles. The maximum Gasteiger partial charge on any atom is 0.266 e. The zero-order valence-corrected chi connectivity index (χ0v) is 13.3. The predicted molar refractivity (Wildman–Crippen MR) is 84.8 cm³/mol. The molecule has 0 atom stereocenters. The summed E-state index contributed by atoms with van der Waals surface area (Å²) in [5.41, 5.74) is 0.462. The maximum absolute atomic E-state index is 12.3. The number of hydrogen-bond acceptors (Lipinski definition) is 5. The molecule has 0 unspecified atom stereocenters. The van der Waals surface area contributed by atoms with Gasteiger partial charge in [0.25, 0.3) is 10.0 Å². The first-order valence-corrected chi connectivity index (χ1v) is 8.77. The largest absolute Gasteiger partial charge is 0.494 e. The van der Waals surface area contributed by atoms with E-state index >= 15 is 0 Å². The van der Waals surface area contributed by atoms with Gasteiger partial charge in [0.05, 0.1) is 12.3 Å². The van der Waals surface area contributed by atoms with Crippen LogP contribution in [0, 0.1) is 0 Å². The molecule has 0 aromatic heterocycles. The first-order chi connectivity index (χ1) is 10.6. The number of benzene rings is 1. The quantitative estimate of drug-likeness (QED) is 0.656. The fourth-order valence-electron chi connectivity index (χ4n) is 1.92. The Hall–Kier alpha value is -1.80. The molecular formula is C14H21N3O4S. The van der Waals surface area contributed by atoms with Crippen LogP contribution in [0.2, 0.25) is 0 Å². The topological polar surface area (TPSA) is 100 Å². The van der Waals surface area contributed by atoms with E-state index in [1.807, 2.05) is 0 Å². The minimum Gasteiger partial charge on any atom is -0.494 e. The number of anilines is 1. The van der Waals surface area contributed by atoms with Crippen LogP contribution in [0.15, 0.2) is 28.1 Å². The highest BCUT2D eigenvalue weighted by atomic mass is 32.2. The number of hydrogen-bond donors (Lipinski definition) is 3. The highest BCUT2D eigenvalue weighted by molar-refractivity contribution is 7.90. The fraction of sp³-hybridized carbons (Fsp3) is 0.500. The first-order valence-electron chi connectivity index (χ1n) is 7.29. The van der Waals surface area contributed by atoms with Gasteiger partial charge in [-0.3, -0.25) is 4.99 Å². The van der Waals surface area contributed by atoms with Crippen molar-refractivity contribution in [2.45, 2.75) is 31.1 Å². The van der Waals surface area contributed by atoms with Crippen LogP contribution in [0.1, 0.15) is 26.2 Å². The van der Waals surface area contributed by atoms with Gasteiger partial charge in [-0.1, -0.05) is 13.3 Å². The Morgan fingerprint density at radius 3 is 2.86 bits per heavy atom. The van der Waals surface area contributed by atoms with Gasteiger partial charge in [-0.05, 0) is 25.0 Å². The summed E-state index contributed by atoms with van der Waals surface area (Å²) in [7, 11) is -3.67. The first kappa shape index (κ1) is 16.6. The van der Waals surface area contributed by atoms with E-state index < -0.39 is 10.0 Å². The van der Waals surface area contributed by atoms with E-state index in [4.69, 9.17) is 9.84 Å². The minimum atomic E-state index is -3.67. The van der Waals surface area contributed by atoms with Crippen LogP contribution in [-0.4, -0.2) is 39.2 Å². The molecule has 1 aliphatic rings. The second-order valence-corrected chi connectivity index (χ2v) is 6.55. The number of aliphatic hydroxyl groups excluding tert-OH is 1. The summed E-state index contributed by atoms with van der Waals surface area (Å²) >= 11 is 0. The number of rotatable bonds is 7. The van der Waals surface area contributed by atoms with Crippen molar-refractivity contribution in [1.82, 2.24) is 4.72 Å². The number of unbranched alkanes of at least 4 members (excludes halogenated alkanes) is 1. The third kappa shape index (κ3) is 4.11. The van der Waals surface area contributed by atoms with Crippen LogP contribution in [0.5, 0.6) is 5.75 Å². The lowest BCUT2D eigenvalue weighted by atomic mass is 10.3. The van der Waals surface area contributed by atoms with Gasteiger partial charge in [-0.25, -0.2) is 13.1 Å². The molecule has 22 heavy (non-hydrogen) atoms. The fourth-order valence-corrected chi connectivity index (χ4v) is 3.08. The van der Waals surface area contributed by atoms with Crippen molar-refractivity contribution in [3.8, 4) is 5.75 Å². The smallest absolute Gasteiger partial charge is 0.266 e. The van der Waals surface area contributed by atoms with Gasteiger partial charge in [0.1, 0.15) is 10.6 Å². The Morgan fingerprint density at radius 2 is 2.14 bits per heavy atom. The zero-order valence-electron chi connectivity index (χ0n) is 12.5. The van der Waals surface area contributed by atoms with E-state index in [9.17, 15) is 8.42 Å². The monoisotopic (exact) mass is 327 g/mol. The lowest BCUT2D eigenvalue weighted by Gasteiger charge is -2.22. The van der Waals surface area contributed by atoms with Crippen LogP contribution < -0.4 is 14.8 Å². The van der Waals surface area contributed by atoms with Gasteiger partial charge in [0.2, 0.25) is 5.96 Å². The van der Waals surface area contributed by atoms with Crippen LogP contribution >= 0.6 is 0 Å². The number of aliphatic hydroxyl groups is 1. The van der Waals surface area contributed by atoms with Gasteiger partial charge >= 0.3 is 0 Å². The molecular weight excluding hydrogens is 306 g/mol. The van der Waals surface area contributed by atoms with Gasteiger partial charge in [-0.15, -0.1) is 0 Å². The number of guanidine groups is 1. The summed E-state index contributed by atoms with van der Waals surface area (Å²) in [4.78, 5) is 4.22. The zero-order chi connectivity index (χ0) is 16.0. The molecule has 8 heteroatoms. The Balaban J connectivity index is 2.18. The van der Waals surface area contributed by atoms with E-state index in [-0.39, 0.29) is 17.5 Å². The van der Waals surface area contributed by atoms with E-state index in [0.717, 1.165) is 12.8 Å². The van der Waals surface area contributed by atoms with Crippen molar-refractivity contribution in [2.24, 2.45) is 4.99 Å². The summed E-state index contributed by atoms with van der Waals surface area (Å²) in [6.45, 7) is 2.98. The molecule has 1 aromatic rings. The lowest BCUT2D eigenvalue weighted by molar-refractivity contribution is 0.291. The predicted octanol–water partition coefficient (Wildman–Crippen LogP) is 1.31. The summed E-state index contributed by atoms with van der Waals surface area (Å²) in [5.74, 6) is 0.695. The average Bonchev–Trinajstić information content (AvgIpc) is 2.48. The van der Waals surface area contributed by atoms with Crippen molar-refractivity contribution in [1.29, 1.82) is 0 Å². The Labute approximate surface area is 130 Å². The van der Waals surface area contributed by atoms with Crippen LogP contribution in [0.3, 0.4) is 0 Å². The average molecular weight is 327 g/mol. The van der Waals surface area contributed by atoms with E-state index in [0.29, 0.717) is 31.0 Å². The molecule has 0 aliphatic carbocycles. The molecule has 0 fully saturated rings. The van der Waals surface area contributed by atoms with Crippen LogP contribution in [0.4, 0.5) is 5.69 Å².